The van der Waals surface area contributed by atoms with Gasteiger partial charge in [-0.3, -0.25) is 0 Å². The summed E-state index contributed by atoms with van der Waals surface area (Å²) >= 11 is 0. The van der Waals surface area contributed by atoms with Crippen LogP contribution < -0.4 is 0 Å². The predicted octanol–water partition coefficient (Wildman–Crippen LogP) is 2.04. The fourth-order valence-corrected chi connectivity index (χ4v) is 0.881. The topological polar surface area (TPSA) is 4.36 Å². The third-order valence-electron chi connectivity index (χ3n) is 1.65. The first-order valence-electron chi connectivity index (χ1n) is 3.32. The van der Waals surface area contributed by atoms with Crippen molar-refractivity contribution in [1.29, 1.82) is 0 Å². The second-order valence-corrected chi connectivity index (χ2v) is 2.52. The van der Waals surface area contributed by atoms with E-state index in [1.807, 2.05) is 0 Å². The van der Waals surface area contributed by atoms with Crippen LogP contribution in [0.3, 0.4) is 0 Å². The van der Waals surface area contributed by atoms with Gasteiger partial charge in [0.15, 0.2) is 0 Å². The van der Waals surface area contributed by atoms with Crippen molar-refractivity contribution in [3.05, 3.63) is 11.4 Å². The van der Waals surface area contributed by atoms with E-state index in [-0.39, 0.29) is 0 Å². The van der Waals surface area contributed by atoms with Gasteiger partial charge in [-0.25, -0.2) is 11.0 Å². The lowest BCUT2D eigenvalue weighted by Gasteiger charge is -1.98. The Bertz CT molecular complexity index is 123. The molecule has 2 heteroatoms. The van der Waals surface area contributed by atoms with Crippen molar-refractivity contribution in [2.75, 3.05) is 6.54 Å². The minimum absolute atomic E-state index is 0.312. The van der Waals surface area contributed by atoms with E-state index in [1.54, 1.807) is 0 Å². The third kappa shape index (κ3) is 2.01. The SMILES string of the molecule is [C-]#[N+]CCC(F)C1CC1. The second-order valence-electron chi connectivity index (χ2n) is 2.52. The van der Waals surface area contributed by atoms with Crippen molar-refractivity contribution in [3.8, 4) is 0 Å². The van der Waals surface area contributed by atoms with Crippen molar-refractivity contribution < 1.29 is 4.39 Å². The Hall–Kier alpha value is -0.580. The van der Waals surface area contributed by atoms with E-state index < -0.39 is 6.17 Å². The quantitative estimate of drug-likeness (QED) is 0.511. The van der Waals surface area contributed by atoms with Gasteiger partial charge in [-0.2, -0.15) is 0 Å². The van der Waals surface area contributed by atoms with E-state index in [0.29, 0.717) is 18.9 Å². The van der Waals surface area contributed by atoms with Crippen molar-refractivity contribution >= 4 is 0 Å². The number of halogens is 1. The summed E-state index contributed by atoms with van der Waals surface area (Å²) in [5.74, 6) is 0.312. The summed E-state index contributed by atoms with van der Waals surface area (Å²) in [6, 6.07) is 0. The first-order chi connectivity index (χ1) is 4.34. The number of hydrogen-bond donors (Lipinski definition) is 0. The number of hydrogen-bond acceptors (Lipinski definition) is 0. The zero-order chi connectivity index (χ0) is 6.69. The van der Waals surface area contributed by atoms with Crippen LogP contribution in [0.1, 0.15) is 19.3 Å². The first-order valence-corrected chi connectivity index (χ1v) is 3.32. The highest BCUT2D eigenvalue weighted by Gasteiger charge is 2.31. The third-order valence-corrected chi connectivity index (χ3v) is 1.65. The first kappa shape index (κ1) is 6.54. The van der Waals surface area contributed by atoms with E-state index in [4.69, 9.17) is 6.57 Å². The van der Waals surface area contributed by atoms with Gasteiger partial charge in [0.05, 0.1) is 6.42 Å². The molecule has 1 aliphatic carbocycles. The molecular weight excluding hydrogens is 117 g/mol. The molecule has 0 aromatic heterocycles. The molecule has 0 aromatic carbocycles. The highest BCUT2D eigenvalue weighted by Crippen LogP contribution is 2.35. The molecule has 1 aliphatic rings. The van der Waals surface area contributed by atoms with Crippen LogP contribution >= 0.6 is 0 Å². The van der Waals surface area contributed by atoms with Crippen LogP contribution in [0.2, 0.25) is 0 Å². The number of nitrogens with zero attached hydrogens (tertiary/aromatic N) is 1. The Kier molecular flexibility index (Phi) is 2.05. The lowest BCUT2D eigenvalue weighted by Crippen LogP contribution is -2.03. The molecule has 1 rings (SSSR count). The standard InChI is InChI=1S/C7H10FN/c1-9-5-4-7(8)6-2-3-6/h6-7H,2-5H2. The molecule has 0 aromatic rings. The smallest absolute Gasteiger partial charge is 0.217 e. The summed E-state index contributed by atoms with van der Waals surface area (Å²) < 4.78 is 12.6. The maximum Gasteiger partial charge on any atom is 0.217 e. The molecule has 1 nitrogen and oxygen atoms in total. The molecule has 1 saturated carbocycles. The lowest BCUT2D eigenvalue weighted by molar-refractivity contribution is 0.287. The van der Waals surface area contributed by atoms with Crippen LogP contribution in [-0.2, 0) is 0 Å². The van der Waals surface area contributed by atoms with E-state index >= 15 is 0 Å². The van der Waals surface area contributed by atoms with E-state index in [1.165, 1.54) is 0 Å². The van der Waals surface area contributed by atoms with Crippen LogP contribution in [0.5, 0.6) is 0 Å². The number of rotatable bonds is 3. The van der Waals surface area contributed by atoms with Crippen LogP contribution in [0.4, 0.5) is 4.39 Å². The molecule has 0 spiro atoms. The molecule has 0 bridgehead atoms. The van der Waals surface area contributed by atoms with E-state index in [2.05, 4.69) is 4.85 Å². The molecule has 1 unspecified atom stereocenters. The zero-order valence-electron chi connectivity index (χ0n) is 5.31. The molecule has 0 saturated heterocycles. The Morgan fingerprint density at radius 3 is 2.78 bits per heavy atom. The highest BCUT2D eigenvalue weighted by atomic mass is 19.1. The van der Waals surface area contributed by atoms with Crippen molar-refractivity contribution in [3.63, 3.8) is 0 Å². The second kappa shape index (κ2) is 2.82. The molecule has 9 heavy (non-hydrogen) atoms. The Morgan fingerprint density at radius 2 is 2.33 bits per heavy atom. The van der Waals surface area contributed by atoms with Crippen molar-refractivity contribution in [1.82, 2.24) is 0 Å². The average molecular weight is 127 g/mol. The summed E-state index contributed by atoms with van der Waals surface area (Å²) in [6.45, 7) is 6.77. The molecule has 1 atom stereocenters. The average Bonchev–Trinajstić information content (AvgIpc) is 2.63. The van der Waals surface area contributed by atoms with Crippen LogP contribution in [0.25, 0.3) is 4.85 Å². The Morgan fingerprint density at radius 1 is 1.67 bits per heavy atom. The fourth-order valence-electron chi connectivity index (χ4n) is 0.881. The van der Waals surface area contributed by atoms with Crippen LogP contribution in [0.15, 0.2) is 0 Å². The molecule has 0 radical (unpaired) electrons. The Balaban J connectivity index is 2.04. The summed E-state index contributed by atoms with van der Waals surface area (Å²) in [5.41, 5.74) is 0. The zero-order valence-corrected chi connectivity index (χ0v) is 5.31. The summed E-state index contributed by atoms with van der Waals surface area (Å²) in [7, 11) is 0. The maximum atomic E-state index is 12.6. The largest absolute Gasteiger partial charge is 0.317 e. The van der Waals surface area contributed by atoms with Gasteiger partial charge >= 0.3 is 0 Å². The van der Waals surface area contributed by atoms with Crippen molar-refractivity contribution in [2.45, 2.75) is 25.4 Å². The molecule has 1 fully saturated rings. The van der Waals surface area contributed by atoms with Gasteiger partial charge in [0, 0.05) is 0 Å². The fraction of sp³-hybridized carbons (Fsp3) is 0.857. The normalized spacial score (nSPS) is 20.9. The molecule has 0 amide bonds. The molecular formula is C7H10FN. The number of alkyl halides is 1. The maximum absolute atomic E-state index is 12.6. The van der Waals surface area contributed by atoms with Gasteiger partial charge < -0.3 is 4.85 Å². The minimum Gasteiger partial charge on any atom is -0.317 e. The summed E-state index contributed by atoms with van der Waals surface area (Å²) in [6.07, 6.45) is 1.85. The Labute approximate surface area is 54.7 Å². The summed E-state index contributed by atoms with van der Waals surface area (Å²) in [4.78, 5) is 3.10. The van der Waals surface area contributed by atoms with E-state index in [9.17, 15) is 4.39 Å². The molecule has 0 heterocycles. The summed E-state index contributed by atoms with van der Waals surface area (Å²) in [5, 5.41) is 0. The van der Waals surface area contributed by atoms with Gasteiger partial charge in [0.25, 0.3) is 0 Å². The monoisotopic (exact) mass is 127 g/mol. The van der Waals surface area contributed by atoms with E-state index in [0.717, 1.165) is 12.8 Å². The predicted molar refractivity (Wildman–Crippen MR) is 33.7 cm³/mol. The minimum atomic E-state index is -0.681. The molecule has 50 valence electrons. The van der Waals surface area contributed by atoms with Crippen LogP contribution in [-0.4, -0.2) is 12.7 Å². The lowest BCUT2D eigenvalue weighted by atomic mass is 10.2. The van der Waals surface area contributed by atoms with Gasteiger partial charge in [-0.1, -0.05) is 0 Å². The van der Waals surface area contributed by atoms with Crippen molar-refractivity contribution in [2.24, 2.45) is 5.92 Å². The van der Waals surface area contributed by atoms with Gasteiger partial charge in [0.2, 0.25) is 6.54 Å². The molecule has 0 aliphatic heterocycles. The van der Waals surface area contributed by atoms with Gasteiger partial charge in [-0.15, -0.1) is 0 Å². The van der Waals surface area contributed by atoms with Gasteiger partial charge in [0.1, 0.15) is 6.17 Å². The molecule has 0 N–H and O–H groups in total. The van der Waals surface area contributed by atoms with Crippen LogP contribution in [0, 0.1) is 12.5 Å². The van der Waals surface area contributed by atoms with Gasteiger partial charge in [-0.05, 0) is 18.8 Å². The highest BCUT2D eigenvalue weighted by molar-refractivity contribution is 4.82.